The highest BCUT2D eigenvalue weighted by Crippen LogP contribution is 2.32. The summed E-state index contributed by atoms with van der Waals surface area (Å²) in [5.74, 6) is 0.668. The molecular formula is C14H19ClN2O. The minimum Gasteiger partial charge on any atom is -0.335 e. The third-order valence-corrected chi connectivity index (χ3v) is 3.66. The smallest absolute Gasteiger partial charge is 0.315 e. The lowest BCUT2D eigenvalue weighted by atomic mass is 10.1. The molecule has 1 aromatic carbocycles. The molecule has 18 heavy (non-hydrogen) atoms. The van der Waals surface area contributed by atoms with Gasteiger partial charge in [0.25, 0.3) is 0 Å². The predicted octanol–water partition coefficient (Wildman–Crippen LogP) is 3.50. The maximum atomic E-state index is 11.8. The van der Waals surface area contributed by atoms with Crippen molar-refractivity contribution in [2.45, 2.75) is 38.8 Å². The van der Waals surface area contributed by atoms with E-state index in [4.69, 9.17) is 11.6 Å². The Hall–Kier alpha value is -1.22. The number of carbonyl (C=O) groups is 1. The van der Waals surface area contributed by atoms with E-state index in [1.807, 2.05) is 31.2 Å². The van der Waals surface area contributed by atoms with Gasteiger partial charge in [0.05, 0.1) is 6.04 Å². The van der Waals surface area contributed by atoms with Gasteiger partial charge in [0, 0.05) is 11.1 Å². The normalized spacial score (nSPS) is 17.9. The predicted molar refractivity (Wildman–Crippen MR) is 73.7 cm³/mol. The molecule has 2 unspecified atom stereocenters. The summed E-state index contributed by atoms with van der Waals surface area (Å²) in [7, 11) is 0. The molecule has 98 valence electrons. The van der Waals surface area contributed by atoms with E-state index in [1.54, 1.807) is 0 Å². The topological polar surface area (TPSA) is 41.1 Å². The molecule has 1 saturated carbocycles. The molecular weight excluding hydrogens is 248 g/mol. The Morgan fingerprint density at radius 1 is 1.22 bits per heavy atom. The first-order valence-corrected chi connectivity index (χ1v) is 6.76. The lowest BCUT2D eigenvalue weighted by Crippen LogP contribution is -2.42. The van der Waals surface area contributed by atoms with E-state index in [2.05, 4.69) is 17.6 Å². The van der Waals surface area contributed by atoms with E-state index in [0.717, 1.165) is 5.56 Å². The molecule has 0 aromatic heterocycles. The van der Waals surface area contributed by atoms with Crippen molar-refractivity contribution in [3.05, 3.63) is 34.9 Å². The van der Waals surface area contributed by atoms with Gasteiger partial charge in [0.2, 0.25) is 0 Å². The molecule has 0 heterocycles. The fourth-order valence-electron chi connectivity index (χ4n) is 1.99. The summed E-state index contributed by atoms with van der Waals surface area (Å²) < 4.78 is 0. The molecule has 2 amide bonds. The number of benzene rings is 1. The standard InChI is InChI=1S/C14H19ClN2O/c1-9(11-3-4-11)16-14(18)17-10(2)12-5-7-13(15)8-6-12/h5-11H,3-4H2,1-2H3,(H2,16,17,18). The summed E-state index contributed by atoms with van der Waals surface area (Å²) in [6.07, 6.45) is 2.46. The van der Waals surface area contributed by atoms with Gasteiger partial charge in [0.1, 0.15) is 0 Å². The van der Waals surface area contributed by atoms with Crippen molar-refractivity contribution in [1.29, 1.82) is 0 Å². The van der Waals surface area contributed by atoms with Crippen molar-refractivity contribution in [2.75, 3.05) is 0 Å². The minimum atomic E-state index is -0.100. The molecule has 1 aliphatic carbocycles. The lowest BCUT2D eigenvalue weighted by molar-refractivity contribution is 0.233. The molecule has 1 aliphatic rings. The second-order valence-corrected chi connectivity index (χ2v) is 5.45. The summed E-state index contributed by atoms with van der Waals surface area (Å²) in [5, 5.41) is 6.62. The molecule has 1 fully saturated rings. The number of carbonyl (C=O) groups excluding carboxylic acids is 1. The van der Waals surface area contributed by atoms with E-state index in [0.29, 0.717) is 10.9 Å². The lowest BCUT2D eigenvalue weighted by Gasteiger charge is -2.18. The van der Waals surface area contributed by atoms with Crippen LogP contribution in [0.4, 0.5) is 4.79 Å². The largest absolute Gasteiger partial charge is 0.335 e. The first kappa shape index (κ1) is 13.2. The molecule has 0 bridgehead atoms. The number of rotatable bonds is 4. The van der Waals surface area contributed by atoms with Crippen LogP contribution in [0.15, 0.2) is 24.3 Å². The molecule has 0 radical (unpaired) electrons. The van der Waals surface area contributed by atoms with Crippen LogP contribution in [0.2, 0.25) is 5.02 Å². The van der Waals surface area contributed by atoms with Gasteiger partial charge < -0.3 is 10.6 Å². The highest BCUT2D eigenvalue weighted by Gasteiger charge is 2.29. The van der Waals surface area contributed by atoms with Crippen molar-refractivity contribution in [3.63, 3.8) is 0 Å². The Bertz CT molecular complexity index is 414. The SMILES string of the molecule is CC(NC(=O)NC(C)C1CC1)c1ccc(Cl)cc1. The van der Waals surface area contributed by atoms with Gasteiger partial charge in [0.15, 0.2) is 0 Å². The molecule has 0 spiro atoms. The molecule has 0 aliphatic heterocycles. The van der Waals surface area contributed by atoms with Crippen molar-refractivity contribution in [2.24, 2.45) is 5.92 Å². The zero-order valence-electron chi connectivity index (χ0n) is 10.7. The van der Waals surface area contributed by atoms with Gasteiger partial charge in [-0.1, -0.05) is 23.7 Å². The highest BCUT2D eigenvalue weighted by atomic mass is 35.5. The van der Waals surface area contributed by atoms with E-state index in [-0.39, 0.29) is 18.1 Å². The molecule has 1 aromatic rings. The van der Waals surface area contributed by atoms with Crippen LogP contribution in [-0.4, -0.2) is 12.1 Å². The van der Waals surface area contributed by atoms with Crippen LogP contribution < -0.4 is 10.6 Å². The Balaban J connectivity index is 1.84. The van der Waals surface area contributed by atoms with Crippen LogP contribution in [0.3, 0.4) is 0 Å². The van der Waals surface area contributed by atoms with Crippen molar-refractivity contribution in [3.8, 4) is 0 Å². The zero-order valence-corrected chi connectivity index (χ0v) is 11.5. The van der Waals surface area contributed by atoms with Gasteiger partial charge >= 0.3 is 6.03 Å². The second-order valence-electron chi connectivity index (χ2n) is 5.02. The fourth-order valence-corrected chi connectivity index (χ4v) is 2.12. The number of halogens is 1. The molecule has 3 nitrogen and oxygen atoms in total. The molecule has 2 N–H and O–H groups in total. The number of urea groups is 1. The Kier molecular flexibility index (Phi) is 4.12. The monoisotopic (exact) mass is 266 g/mol. The van der Waals surface area contributed by atoms with Crippen LogP contribution in [0.5, 0.6) is 0 Å². The summed E-state index contributed by atoms with van der Waals surface area (Å²) in [5.41, 5.74) is 1.05. The molecule has 2 rings (SSSR count). The van der Waals surface area contributed by atoms with E-state index in [9.17, 15) is 4.79 Å². The molecule has 0 saturated heterocycles. The second kappa shape index (κ2) is 5.61. The Morgan fingerprint density at radius 3 is 2.39 bits per heavy atom. The minimum absolute atomic E-state index is 0.0198. The summed E-state index contributed by atoms with van der Waals surface area (Å²) >= 11 is 5.83. The third kappa shape index (κ3) is 3.64. The first-order chi connectivity index (χ1) is 8.56. The summed E-state index contributed by atoms with van der Waals surface area (Å²) in [6.45, 7) is 4.02. The van der Waals surface area contributed by atoms with Crippen molar-refractivity contribution in [1.82, 2.24) is 10.6 Å². The first-order valence-electron chi connectivity index (χ1n) is 6.39. The van der Waals surface area contributed by atoms with E-state index in [1.165, 1.54) is 12.8 Å². The van der Waals surface area contributed by atoms with Crippen LogP contribution in [0, 0.1) is 5.92 Å². The van der Waals surface area contributed by atoms with Crippen LogP contribution >= 0.6 is 11.6 Å². The maximum Gasteiger partial charge on any atom is 0.315 e. The van der Waals surface area contributed by atoms with E-state index >= 15 is 0 Å². The number of hydrogen-bond donors (Lipinski definition) is 2. The number of amides is 2. The molecule has 2 atom stereocenters. The average molecular weight is 267 g/mol. The van der Waals surface area contributed by atoms with Gasteiger partial charge in [-0.3, -0.25) is 0 Å². The fraction of sp³-hybridized carbons (Fsp3) is 0.500. The van der Waals surface area contributed by atoms with Gasteiger partial charge in [-0.15, -0.1) is 0 Å². The Labute approximate surface area is 113 Å². The van der Waals surface area contributed by atoms with Gasteiger partial charge in [-0.2, -0.15) is 0 Å². The van der Waals surface area contributed by atoms with Gasteiger partial charge in [-0.25, -0.2) is 4.79 Å². The highest BCUT2D eigenvalue weighted by molar-refractivity contribution is 6.30. The maximum absolute atomic E-state index is 11.8. The number of hydrogen-bond acceptors (Lipinski definition) is 1. The number of nitrogens with one attached hydrogen (secondary N) is 2. The zero-order chi connectivity index (χ0) is 13.1. The molecule has 4 heteroatoms. The Morgan fingerprint density at radius 2 is 1.83 bits per heavy atom. The van der Waals surface area contributed by atoms with E-state index < -0.39 is 0 Å². The van der Waals surface area contributed by atoms with Crippen molar-refractivity contribution >= 4 is 17.6 Å². The summed E-state index contributed by atoms with van der Waals surface area (Å²) in [6, 6.07) is 7.67. The van der Waals surface area contributed by atoms with Crippen LogP contribution in [0.25, 0.3) is 0 Å². The average Bonchev–Trinajstić information content (AvgIpc) is 3.13. The van der Waals surface area contributed by atoms with Crippen LogP contribution in [-0.2, 0) is 0 Å². The van der Waals surface area contributed by atoms with Crippen molar-refractivity contribution < 1.29 is 4.79 Å². The summed E-state index contributed by atoms with van der Waals surface area (Å²) in [4.78, 5) is 11.8. The third-order valence-electron chi connectivity index (χ3n) is 3.41. The van der Waals surface area contributed by atoms with Gasteiger partial charge in [-0.05, 0) is 50.3 Å². The quantitative estimate of drug-likeness (QED) is 0.860. The van der Waals surface area contributed by atoms with Crippen LogP contribution in [0.1, 0.15) is 38.3 Å².